The van der Waals surface area contributed by atoms with Crippen molar-refractivity contribution in [1.29, 1.82) is 0 Å². The van der Waals surface area contributed by atoms with Crippen LogP contribution in [0.15, 0.2) is 71.2 Å². The Kier molecular flexibility index (Phi) is 4.65. The third-order valence-electron chi connectivity index (χ3n) is 3.28. The standard InChI is InChI=1S/C19H12Cl2O2/c20-15-5-1-13(2-6-15)18(22)11-9-17-10-12-19(23-17)14-3-7-16(21)8-4-14/h1-12H. The Morgan fingerprint density at radius 1 is 0.826 bits per heavy atom. The third kappa shape index (κ3) is 3.92. The van der Waals surface area contributed by atoms with Crippen molar-refractivity contribution in [1.82, 2.24) is 0 Å². The van der Waals surface area contributed by atoms with Crippen LogP contribution in [0.1, 0.15) is 16.1 Å². The minimum Gasteiger partial charge on any atom is -0.457 e. The summed E-state index contributed by atoms with van der Waals surface area (Å²) in [6, 6.07) is 17.8. The molecule has 3 aromatic rings. The van der Waals surface area contributed by atoms with E-state index in [1.807, 2.05) is 24.3 Å². The Bertz CT molecular complexity index is 844. The molecule has 114 valence electrons. The second-order valence-electron chi connectivity index (χ2n) is 4.91. The number of hydrogen-bond donors (Lipinski definition) is 0. The Balaban J connectivity index is 1.74. The fraction of sp³-hybridized carbons (Fsp3) is 0. The van der Waals surface area contributed by atoms with Crippen LogP contribution in [0.25, 0.3) is 17.4 Å². The number of rotatable bonds is 4. The molecule has 2 nitrogen and oxygen atoms in total. The van der Waals surface area contributed by atoms with Gasteiger partial charge in [-0.25, -0.2) is 0 Å². The molecule has 0 N–H and O–H groups in total. The van der Waals surface area contributed by atoms with Gasteiger partial charge in [-0.1, -0.05) is 23.2 Å². The molecule has 0 aliphatic heterocycles. The van der Waals surface area contributed by atoms with Crippen molar-refractivity contribution in [3.05, 3.63) is 88.1 Å². The van der Waals surface area contributed by atoms with E-state index in [0.717, 1.165) is 11.3 Å². The summed E-state index contributed by atoms with van der Waals surface area (Å²) in [6.45, 7) is 0. The molecule has 0 atom stereocenters. The van der Waals surface area contributed by atoms with Crippen LogP contribution < -0.4 is 0 Å². The molecular weight excluding hydrogens is 331 g/mol. The van der Waals surface area contributed by atoms with Gasteiger partial charge in [-0.05, 0) is 72.8 Å². The highest BCUT2D eigenvalue weighted by atomic mass is 35.5. The van der Waals surface area contributed by atoms with Crippen molar-refractivity contribution < 1.29 is 9.21 Å². The molecule has 0 aliphatic rings. The summed E-state index contributed by atoms with van der Waals surface area (Å²) < 4.78 is 5.71. The smallest absolute Gasteiger partial charge is 0.185 e. The lowest BCUT2D eigenvalue weighted by Crippen LogP contribution is -1.92. The molecule has 2 aromatic carbocycles. The highest BCUT2D eigenvalue weighted by Gasteiger charge is 2.05. The van der Waals surface area contributed by atoms with Gasteiger partial charge in [0.1, 0.15) is 11.5 Å². The molecule has 0 fully saturated rings. The summed E-state index contributed by atoms with van der Waals surface area (Å²) >= 11 is 11.7. The maximum atomic E-state index is 12.1. The van der Waals surface area contributed by atoms with E-state index in [9.17, 15) is 4.79 Å². The Morgan fingerprint density at radius 2 is 1.43 bits per heavy atom. The topological polar surface area (TPSA) is 30.2 Å². The average molecular weight is 343 g/mol. The van der Waals surface area contributed by atoms with Gasteiger partial charge in [-0.15, -0.1) is 0 Å². The van der Waals surface area contributed by atoms with Crippen LogP contribution in [0.5, 0.6) is 0 Å². The van der Waals surface area contributed by atoms with Gasteiger partial charge in [-0.2, -0.15) is 0 Å². The van der Waals surface area contributed by atoms with Gasteiger partial charge >= 0.3 is 0 Å². The lowest BCUT2D eigenvalue weighted by Gasteiger charge is -1.97. The van der Waals surface area contributed by atoms with Gasteiger partial charge in [-0.3, -0.25) is 4.79 Å². The number of benzene rings is 2. The summed E-state index contributed by atoms with van der Waals surface area (Å²) in [7, 11) is 0. The first-order chi connectivity index (χ1) is 11.1. The molecule has 0 bridgehead atoms. The van der Waals surface area contributed by atoms with Gasteiger partial charge in [0, 0.05) is 21.2 Å². The Labute approximate surface area is 144 Å². The van der Waals surface area contributed by atoms with Crippen molar-refractivity contribution in [2.45, 2.75) is 0 Å². The average Bonchev–Trinajstić information content (AvgIpc) is 3.03. The molecule has 0 unspecified atom stereocenters. The Hall–Kier alpha value is -2.29. The second-order valence-corrected chi connectivity index (χ2v) is 5.79. The van der Waals surface area contributed by atoms with Crippen LogP contribution in [0.2, 0.25) is 10.0 Å². The first kappa shape index (κ1) is 15.6. The lowest BCUT2D eigenvalue weighted by atomic mass is 10.1. The van der Waals surface area contributed by atoms with E-state index in [0.29, 0.717) is 21.4 Å². The van der Waals surface area contributed by atoms with Crippen LogP contribution in [0.3, 0.4) is 0 Å². The molecule has 0 saturated heterocycles. The predicted octanol–water partition coefficient (Wildman–Crippen LogP) is 6.15. The van der Waals surface area contributed by atoms with Crippen molar-refractivity contribution >= 4 is 35.1 Å². The number of carbonyl (C=O) groups excluding carboxylic acids is 1. The summed E-state index contributed by atoms with van der Waals surface area (Å²) in [5, 5.41) is 1.28. The molecule has 3 rings (SSSR count). The van der Waals surface area contributed by atoms with Crippen LogP contribution in [0, 0.1) is 0 Å². The number of hydrogen-bond acceptors (Lipinski definition) is 2. The van der Waals surface area contributed by atoms with Gasteiger partial charge in [0.05, 0.1) is 0 Å². The number of allylic oxidation sites excluding steroid dienone is 1. The quantitative estimate of drug-likeness (QED) is 0.420. The molecule has 23 heavy (non-hydrogen) atoms. The van der Waals surface area contributed by atoms with Crippen molar-refractivity contribution in [3.8, 4) is 11.3 Å². The van der Waals surface area contributed by atoms with E-state index in [4.69, 9.17) is 27.6 Å². The zero-order chi connectivity index (χ0) is 16.2. The minimum absolute atomic E-state index is 0.105. The maximum Gasteiger partial charge on any atom is 0.185 e. The highest BCUT2D eigenvalue weighted by molar-refractivity contribution is 6.31. The summed E-state index contributed by atoms with van der Waals surface area (Å²) in [5.41, 5.74) is 1.51. The van der Waals surface area contributed by atoms with Crippen LogP contribution >= 0.6 is 23.2 Å². The summed E-state index contributed by atoms with van der Waals surface area (Å²) in [4.78, 5) is 12.1. The van der Waals surface area contributed by atoms with Gasteiger partial charge in [0.25, 0.3) is 0 Å². The van der Waals surface area contributed by atoms with Crippen molar-refractivity contribution in [2.75, 3.05) is 0 Å². The summed E-state index contributed by atoms with van der Waals surface area (Å²) in [6.07, 6.45) is 3.13. The minimum atomic E-state index is -0.105. The van der Waals surface area contributed by atoms with Gasteiger partial charge in [0.2, 0.25) is 0 Å². The monoisotopic (exact) mass is 342 g/mol. The Morgan fingerprint density at radius 3 is 2.09 bits per heavy atom. The predicted molar refractivity (Wildman–Crippen MR) is 94.0 cm³/mol. The fourth-order valence-corrected chi connectivity index (χ4v) is 2.33. The third-order valence-corrected chi connectivity index (χ3v) is 3.79. The van der Waals surface area contributed by atoms with E-state index < -0.39 is 0 Å². The van der Waals surface area contributed by atoms with Crippen molar-refractivity contribution in [3.63, 3.8) is 0 Å². The molecule has 0 aliphatic carbocycles. The van der Waals surface area contributed by atoms with Crippen LogP contribution in [-0.4, -0.2) is 5.78 Å². The normalized spacial score (nSPS) is 11.0. The number of halogens is 2. The number of carbonyl (C=O) groups is 1. The molecule has 0 saturated carbocycles. The molecule has 0 amide bonds. The molecule has 1 aromatic heterocycles. The number of furan rings is 1. The zero-order valence-electron chi connectivity index (χ0n) is 12.0. The molecule has 1 heterocycles. The number of ketones is 1. The molecular formula is C19H12Cl2O2. The lowest BCUT2D eigenvalue weighted by molar-refractivity contribution is 0.104. The van der Waals surface area contributed by atoms with E-state index in [1.54, 1.807) is 42.5 Å². The van der Waals surface area contributed by atoms with E-state index >= 15 is 0 Å². The first-order valence-electron chi connectivity index (χ1n) is 6.95. The van der Waals surface area contributed by atoms with Crippen LogP contribution in [0.4, 0.5) is 0 Å². The SMILES string of the molecule is O=C(C=Cc1ccc(-c2ccc(Cl)cc2)o1)c1ccc(Cl)cc1. The molecule has 4 heteroatoms. The van der Waals surface area contributed by atoms with Gasteiger partial charge < -0.3 is 4.42 Å². The van der Waals surface area contributed by atoms with Crippen molar-refractivity contribution in [2.24, 2.45) is 0 Å². The molecule has 0 spiro atoms. The second kappa shape index (κ2) is 6.86. The van der Waals surface area contributed by atoms with Gasteiger partial charge in [0.15, 0.2) is 5.78 Å². The van der Waals surface area contributed by atoms with E-state index in [1.165, 1.54) is 6.08 Å². The fourth-order valence-electron chi connectivity index (χ4n) is 2.08. The maximum absolute atomic E-state index is 12.1. The highest BCUT2D eigenvalue weighted by Crippen LogP contribution is 2.24. The summed E-state index contributed by atoms with van der Waals surface area (Å²) in [5.74, 6) is 1.23. The largest absolute Gasteiger partial charge is 0.457 e. The van der Waals surface area contributed by atoms with E-state index in [-0.39, 0.29) is 5.78 Å². The van der Waals surface area contributed by atoms with E-state index in [2.05, 4.69) is 0 Å². The molecule has 0 radical (unpaired) electrons. The van der Waals surface area contributed by atoms with Crippen LogP contribution in [-0.2, 0) is 0 Å². The zero-order valence-corrected chi connectivity index (χ0v) is 13.5. The first-order valence-corrected chi connectivity index (χ1v) is 7.71.